The predicted octanol–water partition coefficient (Wildman–Crippen LogP) is 4.10. The van der Waals surface area contributed by atoms with E-state index in [4.69, 9.17) is 27.9 Å². The Morgan fingerprint density at radius 1 is 1.26 bits per heavy atom. The number of rotatable bonds is 6. The number of benzene rings is 2. The minimum Gasteiger partial charge on any atom is -0.482 e. The molecule has 0 bridgehead atoms. The molecule has 0 radical (unpaired) electrons. The summed E-state index contributed by atoms with van der Waals surface area (Å²) in [5.41, 5.74) is 3.90. The summed E-state index contributed by atoms with van der Waals surface area (Å²) < 4.78 is 5.43. The standard InChI is InChI=1S/C19H19Cl2N3O3/c1-2-5-17-22-15-7-4-3-6-13(15)19(26)24(17)23-18(25)11-27-16-9-8-12(20)10-14(16)21/h3-4,6-10,17,22H,2,5,11H2,1H3,(H,23,25)/t17-/m1/s1. The lowest BCUT2D eigenvalue weighted by Crippen LogP contribution is -2.58. The van der Waals surface area contributed by atoms with E-state index in [-0.39, 0.29) is 18.7 Å². The minimum absolute atomic E-state index is 0.263. The molecule has 1 aliphatic rings. The van der Waals surface area contributed by atoms with E-state index >= 15 is 0 Å². The molecule has 2 N–H and O–H groups in total. The first-order chi connectivity index (χ1) is 13.0. The summed E-state index contributed by atoms with van der Waals surface area (Å²) in [6.45, 7) is 1.73. The molecule has 8 heteroatoms. The summed E-state index contributed by atoms with van der Waals surface area (Å²) in [6.07, 6.45) is 1.20. The van der Waals surface area contributed by atoms with Crippen LogP contribution in [0.25, 0.3) is 0 Å². The molecule has 142 valence electrons. The van der Waals surface area contributed by atoms with Crippen molar-refractivity contribution in [3.63, 3.8) is 0 Å². The van der Waals surface area contributed by atoms with Crippen molar-refractivity contribution in [1.29, 1.82) is 0 Å². The number of hydrogen-bond acceptors (Lipinski definition) is 4. The van der Waals surface area contributed by atoms with Crippen LogP contribution in [0.5, 0.6) is 5.75 Å². The highest BCUT2D eigenvalue weighted by atomic mass is 35.5. The van der Waals surface area contributed by atoms with Crippen molar-refractivity contribution in [2.75, 3.05) is 11.9 Å². The Bertz CT molecular complexity index is 860. The third kappa shape index (κ3) is 4.46. The fourth-order valence-electron chi connectivity index (χ4n) is 2.82. The second-order valence-electron chi connectivity index (χ2n) is 6.07. The van der Waals surface area contributed by atoms with Crippen molar-refractivity contribution in [3.05, 3.63) is 58.1 Å². The molecular formula is C19H19Cl2N3O3. The Labute approximate surface area is 167 Å². The third-order valence-corrected chi connectivity index (χ3v) is 4.60. The summed E-state index contributed by atoms with van der Waals surface area (Å²) in [6, 6.07) is 11.9. The molecule has 1 atom stereocenters. The number of hydrogen-bond donors (Lipinski definition) is 2. The van der Waals surface area contributed by atoms with Gasteiger partial charge in [0.1, 0.15) is 11.9 Å². The number of halogens is 2. The number of carbonyl (C=O) groups excluding carboxylic acids is 2. The summed E-state index contributed by atoms with van der Waals surface area (Å²) in [4.78, 5) is 25.1. The Morgan fingerprint density at radius 2 is 2.04 bits per heavy atom. The van der Waals surface area contributed by atoms with Gasteiger partial charge in [-0.25, -0.2) is 5.01 Å². The number of ether oxygens (including phenoxy) is 1. The molecule has 1 heterocycles. The van der Waals surface area contributed by atoms with Gasteiger partial charge in [-0.15, -0.1) is 0 Å². The number of para-hydroxylation sites is 1. The van der Waals surface area contributed by atoms with Gasteiger partial charge in [-0.05, 0) is 36.8 Å². The quantitative estimate of drug-likeness (QED) is 0.755. The van der Waals surface area contributed by atoms with Gasteiger partial charge in [-0.2, -0.15) is 0 Å². The maximum Gasteiger partial charge on any atom is 0.276 e. The number of nitrogens with one attached hydrogen (secondary N) is 2. The van der Waals surface area contributed by atoms with E-state index in [1.807, 2.05) is 19.1 Å². The number of carbonyl (C=O) groups is 2. The van der Waals surface area contributed by atoms with Gasteiger partial charge in [0.25, 0.3) is 11.8 Å². The largest absolute Gasteiger partial charge is 0.482 e. The first kappa shape index (κ1) is 19.3. The van der Waals surface area contributed by atoms with E-state index in [9.17, 15) is 9.59 Å². The molecule has 0 spiro atoms. The number of hydrazine groups is 1. The van der Waals surface area contributed by atoms with E-state index in [2.05, 4.69) is 10.7 Å². The number of anilines is 1. The van der Waals surface area contributed by atoms with Crippen molar-refractivity contribution >= 4 is 40.7 Å². The lowest BCUT2D eigenvalue weighted by Gasteiger charge is -2.37. The predicted molar refractivity (Wildman–Crippen MR) is 105 cm³/mol. The highest BCUT2D eigenvalue weighted by molar-refractivity contribution is 6.35. The summed E-state index contributed by atoms with van der Waals surface area (Å²) in [5.74, 6) is -0.382. The smallest absolute Gasteiger partial charge is 0.276 e. The zero-order valence-corrected chi connectivity index (χ0v) is 16.2. The van der Waals surface area contributed by atoms with E-state index in [1.165, 1.54) is 11.1 Å². The van der Waals surface area contributed by atoms with Gasteiger partial charge in [0.05, 0.1) is 10.6 Å². The molecule has 1 aliphatic heterocycles. The van der Waals surface area contributed by atoms with Crippen LogP contribution in [-0.2, 0) is 4.79 Å². The molecule has 0 unspecified atom stereocenters. The first-order valence-electron chi connectivity index (χ1n) is 8.56. The average Bonchev–Trinajstić information content (AvgIpc) is 2.64. The van der Waals surface area contributed by atoms with E-state index in [0.29, 0.717) is 27.8 Å². The van der Waals surface area contributed by atoms with Crippen molar-refractivity contribution < 1.29 is 14.3 Å². The summed E-state index contributed by atoms with van der Waals surface area (Å²) in [5, 5.41) is 5.39. The van der Waals surface area contributed by atoms with Crippen molar-refractivity contribution in [2.45, 2.75) is 25.9 Å². The van der Waals surface area contributed by atoms with Crippen LogP contribution >= 0.6 is 23.2 Å². The molecule has 6 nitrogen and oxygen atoms in total. The van der Waals surface area contributed by atoms with Gasteiger partial charge in [0, 0.05) is 10.7 Å². The van der Waals surface area contributed by atoms with E-state index in [1.54, 1.807) is 24.3 Å². The fraction of sp³-hybridized carbons (Fsp3) is 0.263. The molecule has 2 aromatic carbocycles. The molecule has 27 heavy (non-hydrogen) atoms. The zero-order valence-electron chi connectivity index (χ0n) is 14.7. The Morgan fingerprint density at radius 3 is 2.78 bits per heavy atom. The summed E-state index contributed by atoms with van der Waals surface area (Å²) in [7, 11) is 0. The number of nitrogens with zero attached hydrogens (tertiary/aromatic N) is 1. The first-order valence-corrected chi connectivity index (χ1v) is 9.31. The van der Waals surface area contributed by atoms with Gasteiger partial charge in [0.2, 0.25) is 0 Å². The minimum atomic E-state index is -0.461. The maximum atomic E-state index is 12.8. The van der Waals surface area contributed by atoms with Gasteiger partial charge in [0.15, 0.2) is 6.61 Å². The molecule has 2 aromatic rings. The van der Waals surface area contributed by atoms with Gasteiger partial charge >= 0.3 is 0 Å². The molecule has 0 aliphatic carbocycles. The third-order valence-electron chi connectivity index (χ3n) is 4.07. The lowest BCUT2D eigenvalue weighted by atomic mass is 10.1. The Kier molecular flexibility index (Phi) is 6.08. The Hall–Kier alpha value is -2.44. The topological polar surface area (TPSA) is 70.7 Å². The van der Waals surface area contributed by atoms with Crippen LogP contribution in [0.15, 0.2) is 42.5 Å². The molecule has 2 amide bonds. The van der Waals surface area contributed by atoms with Crippen LogP contribution < -0.4 is 15.5 Å². The van der Waals surface area contributed by atoms with Gasteiger partial charge < -0.3 is 10.1 Å². The van der Waals surface area contributed by atoms with Crippen LogP contribution in [0.1, 0.15) is 30.1 Å². The molecule has 0 aromatic heterocycles. The van der Waals surface area contributed by atoms with Crippen LogP contribution in [0.4, 0.5) is 5.69 Å². The van der Waals surface area contributed by atoms with Crippen molar-refractivity contribution in [1.82, 2.24) is 10.4 Å². The number of fused-ring (bicyclic) bond motifs is 1. The monoisotopic (exact) mass is 407 g/mol. The lowest BCUT2D eigenvalue weighted by molar-refractivity contribution is -0.127. The highest BCUT2D eigenvalue weighted by Crippen LogP contribution is 2.28. The zero-order chi connectivity index (χ0) is 19.4. The van der Waals surface area contributed by atoms with Crippen LogP contribution in [-0.4, -0.2) is 29.6 Å². The van der Waals surface area contributed by atoms with Gasteiger partial charge in [-0.3, -0.25) is 15.0 Å². The second kappa shape index (κ2) is 8.50. The van der Waals surface area contributed by atoms with E-state index in [0.717, 1.165) is 12.1 Å². The fourth-order valence-corrected chi connectivity index (χ4v) is 3.28. The maximum absolute atomic E-state index is 12.8. The summed E-state index contributed by atoms with van der Waals surface area (Å²) >= 11 is 11.9. The SMILES string of the molecule is CCC[C@@H]1Nc2ccccc2C(=O)N1NC(=O)COc1ccc(Cl)cc1Cl. The molecule has 3 rings (SSSR count). The second-order valence-corrected chi connectivity index (χ2v) is 6.91. The normalized spacial score (nSPS) is 15.7. The molecule has 0 saturated heterocycles. The van der Waals surface area contributed by atoms with E-state index < -0.39 is 5.91 Å². The highest BCUT2D eigenvalue weighted by Gasteiger charge is 2.32. The van der Waals surface area contributed by atoms with Crippen LogP contribution in [0, 0.1) is 0 Å². The molecule has 0 fully saturated rings. The molecule has 0 saturated carbocycles. The van der Waals surface area contributed by atoms with Crippen LogP contribution in [0.2, 0.25) is 10.0 Å². The molecular weight excluding hydrogens is 389 g/mol. The van der Waals surface area contributed by atoms with Crippen molar-refractivity contribution in [2.24, 2.45) is 0 Å². The number of amides is 2. The van der Waals surface area contributed by atoms with Crippen molar-refractivity contribution in [3.8, 4) is 5.75 Å². The Balaban J connectivity index is 1.68. The van der Waals surface area contributed by atoms with Crippen LogP contribution in [0.3, 0.4) is 0 Å². The average molecular weight is 408 g/mol. The van der Waals surface area contributed by atoms with Gasteiger partial charge in [-0.1, -0.05) is 48.7 Å².